The minimum absolute atomic E-state index is 0.699. The van der Waals surface area contributed by atoms with Gasteiger partial charge in [-0.2, -0.15) is 0 Å². The SMILES string of the molecule is CC=COc1ccc2cc3cc(C=O)ccc3cc2c1. The first kappa shape index (κ1) is 12.4. The highest BCUT2D eigenvalue weighted by Gasteiger charge is 2.01. The Balaban J connectivity index is 2.16. The highest BCUT2D eigenvalue weighted by Crippen LogP contribution is 2.26. The molecular formula is C18H14O2. The zero-order valence-corrected chi connectivity index (χ0v) is 11.2. The molecule has 98 valence electrons. The predicted octanol–water partition coefficient (Wildman–Crippen LogP) is 4.72. The van der Waals surface area contributed by atoms with Gasteiger partial charge in [0.15, 0.2) is 0 Å². The van der Waals surface area contributed by atoms with E-state index in [-0.39, 0.29) is 0 Å². The normalized spacial score (nSPS) is 11.2. The monoisotopic (exact) mass is 262 g/mol. The van der Waals surface area contributed by atoms with Gasteiger partial charge in [0, 0.05) is 5.56 Å². The smallest absolute Gasteiger partial charge is 0.150 e. The van der Waals surface area contributed by atoms with Gasteiger partial charge in [-0.1, -0.05) is 24.3 Å². The molecule has 3 rings (SSSR count). The fraction of sp³-hybridized carbons (Fsp3) is 0.0556. The zero-order chi connectivity index (χ0) is 13.9. The average molecular weight is 262 g/mol. The molecule has 0 amide bonds. The molecule has 0 bridgehead atoms. The number of benzene rings is 3. The van der Waals surface area contributed by atoms with Crippen molar-refractivity contribution in [1.82, 2.24) is 0 Å². The number of hydrogen-bond acceptors (Lipinski definition) is 2. The molecule has 2 heteroatoms. The van der Waals surface area contributed by atoms with Crippen LogP contribution in [0.25, 0.3) is 21.5 Å². The van der Waals surface area contributed by atoms with Gasteiger partial charge in [-0.05, 0) is 58.8 Å². The molecule has 0 spiro atoms. The summed E-state index contributed by atoms with van der Waals surface area (Å²) in [4.78, 5) is 10.8. The summed E-state index contributed by atoms with van der Waals surface area (Å²) < 4.78 is 5.48. The van der Waals surface area contributed by atoms with Gasteiger partial charge in [0.25, 0.3) is 0 Å². The first-order chi connectivity index (χ1) is 9.80. The maximum Gasteiger partial charge on any atom is 0.150 e. The molecule has 20 heavy (non-hydrogen) atoms. The Morgan fingerprint density at radius 1 is 0.850 bits per heavy atom. The Morgan fingerprint density at radius 2 is 1.55 bits per heavy atom. The first-order valence-corrected chi connectivity index (χ1v) is 6.51. The van der Waals surface area contributed by atoms with E-state index in [1.807, 2.05) is 49.4 Å². The fourth-order valence-electron chi connectivity index (χ4n) is 2.29. The molecule has 3 aromatic rings. The van der Waals surface area contributed by atoms with Crippen molar-refractivity contribution in [2.24, 2.45) is 0 Å². The number of rotatable bonds is 3. The van der Waals surface area contributed by atoms with Crippen LogP contribution in [0.2, 0.25) is 0 Å². The highest BCUT2D eigenvalue weighted by molar-refractivity contribution is 6.00. The van der Waals surface area contributed by atoms with Crippen molar-refractivity contribution in [2.45, 2.75) is 6.92 Å². The molecule has 3 aromatic carbocycles. The lowest BCUT2D eigenvalue weighted by molar-refractivity contribution is 0.112. The van der Waals surface area contributed by atoms with Crippen LogP contribution < -0.4 is 4.74 Å². The third-order valence-electron chi connectivity index (χ3n) is 3.27. The van der Waals surface area contributed by atoms with E-state index < -0.39 is 0 Å². The minimum atomic E-state index is 0.699. The molecule has 0 aromatic heterocycles. The Labute approximate surface area is 117 Å². The molecule has 0 unspecified atom stereocenters. The van der Waals surface area contributed by atoms with Crippen LogP contribution in [0.5, 0.6) is 5.75 Å². The third kappa shape index (κ3) is 2.28. The Hall–Kier alpha value is -2.61. The molecule has 0 saturated heterocycles. The summed E-state index contributed by atoms with van der Waals surface area (Å²) in [5.74, 6) is 0.819. The number of ether oxygens (including phenoxy) is 1. The van der Waals surface area contributed by atoms with Crippen LogP contribution in [0.3, 0.4) is 0 Å². The van der Waals surface area contributed by atoms with Gasteiger partial charge < -0.3 is 4.74 Å². The summed E-state index contributed by atoms with van der Waals surface area (Å²) in [6.45, 7) is 1.92. The van der Waals surface area contributed by atoms with Gasteiger partial charge in [-0.15, -0.1) is 0 Å². The third-order valence-corrected chi connectivity index (χ3v) is 3.27. The Bertz CT molecular complexity index is 816. The van der Waals surface area contributed by atoms with Gasteiger partial charge >= 0.3 is 0 Å². The van der Waals surface area contributed by atoms with E-state index >= 15 is 0 Å². The number of aldehydes is 1. The summed E-state index contributed by atoms with van der Waals surface area (Å²) in [5, 5.41) is 4.45. The van der Waals surface area contributed by atoms with E-state index in [0.29, 0.717) is 5.56 Å². The molecule has 0 aliphatic carbocycles. The van der Waals surface area contributed by atoms with Gasteiger partial charge in [0.1, 0.15) is 12.0 Å². The van der Waals surface area contributed by atoms with Crippen molar-refractivity contribution >= 4 is 27.8 Å². The molecule has 0 fully saturated rings. The minimum Gasteiger partial charge on any atom is -0.465 e. The van der Waals surface area contributed by atoms with Crippen LogP contribution in [0.15, 0.2) is 60.9 Å². The van der Waals surface area contributed by atoms with Crippen molar-refractivity contribution in [3.63, 3.8) is 0 Å². The lowest BCUT2D eigenvalue weighted by atomic mass is 10.0. The van der Waals surface area contributed by atoms with Crippen molar-refractivity contribution in [1.29, 1.82) is 0 Å². The first-order valence-electron chi connectivity index (χ1n) is 6.51. The topological polar surface area (TPSA) is 26.3 Å². The number of hydrogen-bond donors (Lipinski definition) is 0. The van der Waals surface area contributed by atoms with Crippen molar-refractivity contribution in [2.75, 3.05) is 0 Å². The molecule has 0 N–H and O–H groups in total. The molecule has 2 nitrogen and oxygen atoms in total. The van der Waals surface area contributed by atoms with Crippen molar-refractivity contribution in [3.05, 3.63) is 66.4 Å². The Kier molecular flexibility index (Phi) is 3.21. The molecule has 0 aliphatic rings. The van der Waals surface area contributed by atoms with Crippen LogP contribution in [0.1, 0.15) is 17.3 Å². The van der Waals surface area contributed by atoms with Crippen LogP contribution in [-0.4, -0.2) is 6.29 Å². The summed E-state index contributed by atoms with van der Waals surface area (Å²) in [7, 11) is 0. The molecular weight excluding hydrogens is 248 g/mol. The summed E-state index contributed by atoms with van der Waals surface area (Å²) >= 11 is 0. The van der Waals surface area contributed by atoms with Crippen LogP contribution in [0.4, 0.5) is 0 Å². The number of carbonyl (C=O) groups is 1. The van der Waals surface area contributed by atoms with Gasteiger partial charge in [0.2, 0.25) is 0 Å². The summed E-state index contributed by atoms with van der Waals surface area (Å²) in [5.41, 5.74) is 0.699. The largest absolute Gasteiger partial charge is 0.465 e. The van der Waals surface area contributed by atoms with Gasteiger partial charge in [-0.25, -0.2) is 0 Å². The predicted molar refractivity (Wildman–Crippen MR) is 82.3 cm³/mol. The average Bonchev–Trinajstić information content (AvgIpc) is 2.50. The highest BCUT2D eigenvalue weighted by atomic mass is 16.5. The van der Waals surface area contributed by atoms with E-state index in [1.165, 1.54) is 0 Å². The van der Waals surface area contributed by atoms with Crippen molar-refractivity contribution in [3.8, 4) is 5.75 Å². The summed E-state index contributed by atoms with van der Waals surface area (Å²) in [6, 6.07) is 15.9. The molecule has 0 aliphatic heterocycles. The second kappa shape index (κ2) is 5.17. The lowest BCUT2D eigenvalue weighted by Crippen LogP contribution is -1.84. The van der Waals surface area contributed by atoms with Gasteiger partial charge in [-0.3, -0.25) is 4.79 Å². The maximum atomic E-state index is 10.8. The molecule has 0 heterocycles. The quantitative estimate of drug-likeness (QED) is 0.388. The van der Waals surface area contributed by atoms with Crippen LogP contribution >= 0.6 is 0 Å². The van der Waals surface area contributed by atoms with Crippen molar-refractivity contribution < 1.29 is 9.53 Å². The van der Waals surface area contributed by atoms with E-state index in [2.05, 4.69) is 12.1 Å². The standard InChI is InChI=1S/C18H14O2/c1-2-7-20-18-6-5-15-9-16-8-13(12-19)3-4-14(16)10-17(15)11-18/h2-12H,1H3. The Morgan fingerprint density at radius 3 is 2.25 bits per heavy atom. The fourth-order valence-corrected chi connectivity index (χ4v) is 2.29. The van der Waals surface area contributed by atoms with E-state index in [9.17, 15) is 4.79 Å². The molecule has 0 saturated carbocycles. The number of fused-ring (bicyclic) bond motifs is 2. The van der Waals surface area contributed by atoms with E-state index in [0.717, 1.165) is 33.6 Å². The lowest BCUT2D eigenvalue weighted by Gasteiger charge is -2.05. The zero-order valence-electron chi connectivity index (χ0n) is 11.2. The molecule has 0 radical (unpaired) electrons. The summed E-state index contributed by atoms with van der Waals surface area (Å²) in [6.07, 6.45) is 4.39. The second-order valence-electron chi connectivity index (χ2n) is 4.67. The second-order valence-corrected chi connectivity index (χ2v) is 4.67. The van der Waals surface area contributed by atoms with E-state index in [4.69, 9.17) is 4.74 Å². The molecule has 0 atom stereocenters. The maximum absolute atomic E-state index is 10.8. The number of carbonyl (C=O) groups excluding carboxylic acids is 1. The van der Waals surface area contributed by atoms with Crippen LogP contribution in [-0.2, 0) is 0 Å². The van der Waals surface area contributed by atoms with Gasteiger partial charge in [0.05, 0.1) is 6.26 Å². The van der Waals surface area contributed by atoms with E-state index in [1.54, 1.807) is 6.26 Å². The number of allylic oxidation sites excluding steroid dienone is 1. The van der Waals surface area contributed by atoms with Crippen LogP contribution in [0, 0.1) is 0 Å².